The summed E-state index contributed by atoms with van der Waals surface area (Å²) in [6.45, 7) is 3.18. The first-order valence-electron chi connectivity index (χ1n) is 11.9. The standard InChI is InChI=1S/C24H31N5O3/c30-23(7-3-6-21-25-19-4-1-2-5-20(19)26-21)29-12-8-17(9-13-29)16-22-27-24(28-32-22)18-10-14-31-15-11-18/h1-2,4-5,17-18H,3,6-16H2,(H,25,26). The van der Waals surface area contributed by atoms with Crippen LogP contribution in [-0.4, -0.2) is 57.2 Å². The highest BCUT2D eigenvalue weighted by Gasteiger charge is 2.26. The van der Waals surface area contributed by atoms with Gasteiger partial charge in [-0.3, -0.25) is 4.79 Å². The van der Waals surface area contributed by atoms with Crippen LogP contribution in [0.5, 0.6) is 0 Å². The van der Waals surface area contributed by atoms with Crippen LogP contribution in [0.3, 0.4) is 0 Å². The number of para-hydroxylation sites is 2. The van der Waals surface area contributed by atoms with E-state index in [9.17, 15) is 4.79 Å². The number of likely N-dealkylation sites (tertiary alicyclic amines) is 1. The number of aryl methyl sites for hydroxylation is 1. The summed E-state index contributed by atoms with van der Waals surface area (Å²) in [5.74, 6) is 3.64. The molecule has 2 fully saturated rings. The fourth-order valence-corrected chi connectivity index (χ4v) is 4.80. The molecule has 32 heavy (non-hydrogen) atoms. The molecule has 170 valence electrons. The van der Waals surface area contributed by atoms with E-state index in [0.717, 1.165) is 99.8 Å². The van der Waals surface area contributed by atoms with Gasteiger partial charge in [0.25, 0.3) is 0 Å². The number of nitrogens with one attached hydrogen (secondary N) is 1. The second-order valence-corrected chi connectivity index (χ2v) is 9.02. The van der Waals surface area contributed by atoms with Gasteiger partial charge in [-0.2, -0.15) is 4.98 Å². The van der Waals surface area contributed by atoms with E-state index in [-0.39, 0.29) is 5.91 Å². The van der Waals surface area contributed by atoms with E-state index in [0.29, 0.717) is 18.3 Å². The van der Waals surface area contributed by atoms with Gasteiger partial charge in [0, 0.05) is 51.5 Å². The van der Waals surface area contributed by atoms with E-state index >= 15 is 0 Å². The first-order chi connectivity index (χ1) is 15.7. The number of nitrogens with zero attached hydrogens (tertiary/aromatic N) is 4. The summed E-state index contributed by atoms with van der Waals surface area (Å²) in [5, 5.41) is 4.21. The average Bonchev–Trinajstić information content (AvgIpc) is 3.47. The molecule has 1 N–H and O–H groups in total. The number of aromatic amines is 1. The van der Waals surface area contributed by atoms with Crippen LogP contribution in [0, 0.1) is 5.92 Å². The predicted molar refractivity (Wildman–Crippen MR) is 119 cm³/mol. The second-order valence-electron chi connectivity index (χ2n) is 9.02. The lowest BCUT2D eigenvalue weighted by Crippen LogP contribution is -2.38. The Morgan fingerprint density at radius 2 is 1.91 bits per heavy atom. The summed E-state index contributed by atoms with van der Waals surface area (Å²) in [6.07, 6.45) is 6.91. The molecule has 0 spiro atoms. The third-order valence-corrected chi connectivity index (χ3v) is 6.74. The van der Waals surface area contributed by atoms with Crippen LogP contribution < -0.4 is 0 Å². The Kier molecular flexibility index (Phi) is 6.48. The number of carbonyl (C=O) groups is 1. The van der Waals surface area contributed by atoms with Crippen molar-refractivity contribution in [2.75, 3.05) is 26.3 Å². The minimum Gasteiger partial charge on any atom is -0.381 e. The van der Waals surface area contributed by atoms with Crippen molar-refractivity contribution in [3.05, 3.63) is 41.8 Å². The molecule has 0 unspecified atom stereocenters. The molecule has 0 saturated carbocycles. The minimum absolute atomic E-state index is 0.249. The van der Waals surface area contributed by atoms with E-state index in [1.807, 2.05) is 29.2 Å². The molecule has 1 amide bonds. The van der Waals surface area contributed by atoms with E-state index < -0.39 is 0 Å². The van der Waals surface area contributed by atoms with Crippen molar-refractivity contribution in [1.82, 2.24) is 25.0 Å². The number of ether oxygens (including phenoxy) is 1. The first-order valence-corrected chi connectivity index (χ1v) is 11.9. The molecule has 8 heteroatoms. The van der Waals surface area contributed by atoms with Crippen molar-refractivity contribution < 1.29 is 14.1 Å². The number of carbonyl (C=O) groups excluding carboxylic acids is 1. The number of aromatic nitrogens is 4. The van der Waals surface area contributed by atoms with Gasteiger partial charge in [-0.15, -0.1) is 0 Å². The summed E-state index contributed by atoms with van der Waals surface area (Å²) in [4.78, 5) is 27.2. The van der Waals surface area contributed by atoms with Crippen LogP contribution in [0.25, 0.3) is 11.0 Å². The number of H-pyrrole nitrogens is 1. The lowest BCUT2D eigenvalue weighted by molar-refractivity contribution is -0.132. The molecule has 4 heterocycles. The number of piperidine rings is 1. The molecule has 2 aliphatic rings. The number of hydrogen-bond acceptors (Lipinski definition) is 6. The van der Waals surface area contributed by atoms with Crippen LogP contribution in [0.1, 0.15) is 62.0 Å². The highest BCUT2D eigenvalue weighted by molar-refractivity contribution is 5.76. The van der Waals surface area contributed by atoms with Gasteiger partial charge in [-0.25, -0.2) is 4.98 Å². The van der Waals surface area contributed by atoms with E-state index in [2.05, 4.69) is 20.1 Å². The molecular weight excluding hydrogens is 406 g/mol. The Labute approximate surface area is 187 Å². The molecule has 3 aromatic rings. The van der Waals surface area contributed by atoms with Crippen molar-refractivity contribution in [1.29, 1.82) is 0 Å². The Morgan fingerprint density at radius 3 is 2.72 bits per heavy atom. The van der Waals surface area contributed by atoms with Crippen LogP contribution in [-0.2, 0) is 22.4 Å². The fraction of sp³-hybridized carbons (Fsp3) is 0.583. The number of fused-ring (bicyclic) bond motifs is 1. The number of amides is 1. The minimum atomic E-state index is 0.249. The maximum absolute atomic E-state index is 12.6. The van der Waals surface area contributed by atoms with Crippen molar-refractivity contribution in [2.45, 2.75) is 57.3 Å². The Balaban J connectivity index is 1.04. The number of rotatable bonds is 7. The summed E-state index contributed by atoms with van der Waals surface area (Å²) in [5.41, 5.74) is 2.04. The molecular formula is C24H31N5O3. The van der Waals surface area contributed by atoms with Crippen molar-refractivity contribution in [2.24, 2.45) is 5.92 Å². The van der Waals surface area contributed by atoms with Crippen LogP contribution in [0.2, 0.25) is 0 Å². The summed E-state index contributed by atoms with van der Waals surface area (Å²) in [6, 6.07) is 8.02. The van der Waals surface area contributed by atoms with Gasteiger partial charge < -0.3 is 19.1 Å². The Bertz CT molecular complexity index is 998. The van der Waals surface area contributed by atoms with Crippen molar-refractivity contribution >= 4 is 16.9 Å². The zero-order chi connectivity index (χ0) is 21.8. The van der Waals surface area contributed by atoms with Crippen LogP contribution in [0.4, 0.5) is 0 Å². The third kappa shape index (κ3) is 5.01. The summed E-state index contributed by atoms with van der Waals surface area (Å²) in [7, 11) is 0. The van der Waals surface area contributed by atoms with Gasteiger partial charge in [0.1, 0.15) is 5.82 Å². The molecule has 0 atom stereocenters. The summed E-state index contributed by atoms with van der Waals surface area (Å²) >= 11 is 0. The van der Waals surface area contributed by atoms with Crippen LogP contribution in [0.15, 0.2) is 28.8 Å². The van der Waals surface area contributed by atoms with Crippen molar-refractivity contribution in [3.8, 4) is 0 Å². The lowest BCUT2D eigenvalue weighted by atomic mass is 9.93. The summed E-state index contributed by atoms with van der Waals surface area (Å²) < 4.78 is 10.9. The van der Waals surface area contributed by atoms with Gasteiger partial charge in [-0.1, -0.05) is 17.3 Å². The molecule has 0 bridgehead atoms. The zero-order valence-corrected chi connectivity index (χ0v) is 18.5. The Hall–Kier alpha value is -2.74. The number of hydrogen-bond donors (Lipinski definition) is 1. The van der Waals surface area contributed by atoms with Crippen LogP contribution >= 0.6 is 0 Å². The second kappa shape index (κ2) is 9.81. The smallest absolute Gasteiger partial charge is 0.226 e. The highest BCUT2D eigenvalue weighted by Crippen LogP contribution is 2.26. The molecule has 2 aliphatic heterocycles. The predicted octanol–water partition coefficient (Wildman–Crippen LogP) is 3.64. The molecule has 2 saturated heterocycles. The maximum atomic E-state index is 12.6. The van der Waals surface area contributed by atoms with Gasteiger partial charge in [0.2, 0.25) is 11.8 Å². The van der Waals surface area contributed by atoms with Crippen molar-refractivity contribution in [3.63, 3.8) is 0 Å². The molecule has 5 rings (SSSR count). The third-order valence-electron chi connectivity index (χ3n) is 6.74. The molecule has 1 aromatic carbocycles. The quantitative estimate of drug-likeness (QED) is 0.606. The number of imidazole rings is 1. The van der Waals surface area contributed by atoms with Gasteiger partial charge in [-0.05, 0) is 50.2 Å². The van der Waals surface area contributed by atoms with E-state index in [1.54, 1.807) is 0 Å². The van der Waals surface area contributed by atoms with E-state index in [1.165, 1.54) is 0 Å². The van der Waals surface area contributed by atoms with Gasteiger partial charge in [0.15, 0.2) is 5.82 Å². The monoisotopic (exact) mass is 437 g/mol. The SMILES string of the molecule is O=C(CCCc1nc2ccccc2[nH]1)N1CCC(Cc2nc(C3CCOCC3)no2)CC1. The van der Waals surface area contributed by atoms with Gasteiger partial charge in [0.05, 0.1) is 11.0 Å². The first kappa shape index (κ1) is 21.1. The molecule has 8 nitrogen and oxygen atoms in total. The molecule has 0 aliphatic carbocycles. The normalized spacial score (nSPS) is 18.4. The van der Waals surface area contributed by atoms with E-state index in [4.69, 9.17) is 9.26 Å². The topological polar surface area (TPSA) is 97.1 Å². The zero-order valence-electron chi connectivity index (χ0n) is 18.5. The number of benzene rings is 1. The maximum Gasteiger partial charge on any atom is 0.226 e. The molecule has 0 radical (unpaired) electrons. The lowest BCUT2D eigenvalue weighted by Gasteiger charge is -2.31. The Morgan fingerprint density at radius 1 is 1.09 bits per heavy atom. The average molecular weight is 438 g/mol. The van der Waals surface area contributed by atoms with Gasteiger partial charge >= 0.3 is 0 Å². The fourth-order valence-electron chi connectivity index (χ4n) is 4.80. The largest absolute Gasteiger partial charge is 0.381 e. The molecule has 2 aromatic heterocycles. The highest BCUT2D eigenvalue weighted by atomic mass is 16.5.